The van der Waals surface area contributed by atoms with E-state index in [2.05, 4.69) is 26.7 Å². The molecule has 0 radical (unpaired) electrons. The van der Waals surface area contributed by atoms with Crippen LogP contribution in [0.25, 0.3) is 0 Å². The van der Waals surface area contributed by atoms with Crippen molar-refractivity contribution in [1.29, 1.82) is 0 Å². The van der Waals surface area contributed by atoms with Crippen LogP contribution in [-0.2, 0) is 6.42 Å². The van der Waals surface area contributed by atoms with Gasteiger partial charge in [-0.2, -0.15) is 4.98 Å². The van der Waals surface area contributed by atoms with Crippen LogP contribution in [0.15, 0.2) is 36.5 Å². The number of halogens is 1. The van der Waals surface area contributed by atoms with Crippen molar-refractivity contribution in [3.63, 3.8) is 0 Å². The van der Waals surface area contributed by atoms with Crippen LogP contribution in [0.4, 0.5) is 11.8 Å². The monoisotopic (exact) mass is 288 g/mol. The van der Waals surface area contributed by atoms with Crippen molar-refractivity contribution in [3.05, 3.63) is 47.1 Å². The number of hydrogen-bond donors (Lipinski definition) is 2. The molecule has 0 spiro atoms. The van der Waals surface area contributed by atoms with Gasteiger partial charge in [0.15, 0.2) is 0 Å². The van der Waals surface area contributed by atoms with Gasteiger partial charge in [-0.05, 0) is 43.0 Å². The minimum Gasteiger partial charge on any atom is -0.370 e. The van der Waals surface area contributed by atoms with Gasteiger partial charge in [0.05, 0.1) is 0 Å². The molecule has 0 unspecified atom stereocenters. The van der Waals surface area contributed by atoms with E-state index in [4.69, 9.17) is 11.6 Å². The number of hydrogen-bond acceptors (Lipinski definition) is 4. The fourth-order valence-electron chi connectivity index (χ4n) is 1.96. The molecule has 1 aromatic heterocycles. The third kappa shape index (κ3) is 3.84. The summed E-state index contributed by atoms with van der Waals surface area (Å²) >= 11 is 5.97. The molecule has 2 aromatic rings. The van der Waals surface area contributed by atoms with Gasteiger partial charge in [0.1, 0.15) is 5.82 Å². The lowest BCUT2D eigenvalue weighted by Gasteiger charge is -2.08. The molecule has 1 aromatic carbocycles. The van der Waals surface area contributed by atoms with Crippen LogP contribution in [0, 0.1) is 0 Å². The third-order valence-corrected chi connectivity index (χ3v) is 3.41. The Morgan fingerprint density at radius 3 is 2.95 bits per heavy atom. The topological polar surface area (TPSA) is 49.8 Å². The van der Waals surface area contributed by atoms with E-state index in [9.17, 15) is 0 Å². The third-order valence-electron chi connectivity index (χ3n) is 3.17. The first-order valence-electron chi connectivity index (χ1n) is 6.87. The van der Waals surface area contributed by atoms with E-state index in [0.717, 1.165) is 23.8 Å². The minimum atomic E-state index is 0.566. The summed E-state index contributed by atoms with van der Waals surface area (Å²) in [7, 11) is 0. The summed E-state index contributed by atoms with van der Waals surface area (Å²) in [5.41, 5.74) is 1.22. The van der Waals surface area contributed by atoms with Crippen LogP contribution in [0.3, 0.4) is 0 Å². The maximum absolute atomic E-state index is 5.97. The van der Waals surface area contributed by atoms with Crippen molar-refractivity contribution in [2.24, 2.45) is 0 Å². The van der Waals surface area contributed by atoms with Crippen LogP contribution < -0.4 is 10.6 Å². The average Bonchev–Trinajstić information content (AvgIpc) is 3.23. The molecule has 0 saturated heterocycles. The highest BCUT2D eigenvalue weighted by molar-refractivity contribution is 6.30. The standard InChI is InChI=1S/C15H17ClN4/c16-12-3-1-2-11(10-12)6-8-17-14-7-9-18-15(20-14)19-13-4-5-13/h1-3,7,9-10,13H,4-6,8H2,(H2,17,18,19,20). The number of nitrogens with one attached hydrogen (secondary N) is 2. The molecule has 0 amide bonds. The Morgan fingerprint density at radius 1 is 1.25 bits per heavy atom. The molecule has 1 aliphatic carbocycles. The zero-order valence-electron chi connectivity index (χ0n) is 11.1. The molecular formula is C15H17ClN4. The second-order valence-corrected chi connectivity index (χ2v) is 5.43. The van der Waals surface area contributed by atoms with Crippen LogP contribution in [-0.4, -0.2) is 22.6 Å². The van der Waals surface area contributed by atoms with Crippen LogP contribution in [0.2, 0.25) is 5.02 Å². The lowest BCUT2D eigenvalue weighted by Crippen LogP contribution is -2.09. The van der Waals surface area contributed by atoms with Crippen molar-refractivity contribution < 1.29 is 0 Å². The van der Waals surface area contributed by atoms with Gasteiger partial charge in [-0.15, -0.1) is 0 Å². The quantitative estimate of drug-likeness (QED) is 0.856. The molecule has 0 aliphatic heterocycles. The van der Waals surface area contributed by atoms with E-state index < -0.39 is 0 Å². The van der Waals surface area contributed by atoms with Gasteiger partial charge in [0.25, 0.3) is 0 Å². The first-order valence-corrected chi connectivity index (χ1v) is 7.25. The predicted octanol–water partition coefficient (Wildman–Crippen LogP) is 3.36. The Hall–Kier alpha value is -1.81. The molecule has 1 fully saturated rings. The Morgan fingerprint density at radius 2 is 2.15 bits per heavy atom. The molecule has 4 nitrogen and oxygen atoms in total. The van der Waals surface area contributed by atoms with E-state index in [1.54, 1.807) is 6.20 Å². The van der Waals surface area contributed by atoms with Gasteiger partial charge in [0, 0.05) is 23.8 Å². The molecule has 2 N–H and O–H groups in total. The summed E-state index contributed by atoms with van der Waals surface area (Å²) in [6.07, 6.45) is 5.13. The van der Waals surface area contributed by atoms with Gasteiger partial charge >= 0.3 is 0 Å². The van der Waals surface area contributed by atoms with Crippen LogP contribution in [0.1, 0.15) is 18.4 Å². The average molecular weight is 289 g/mol. The predicted molar refractivity (Wildman–Crippen MR) is 82.3 cm³/mol. The van der Waals surface area contributed by atoms with Gasteiger partial charge < -0.3 is 10.6 Å². The largest absolute Gasteiger partial charge is 0.370 e. The van der Waals surface area contributed by atoms with E-state index in [-0.39, 0.29) is 0 Å². The summed E-state index contributed by atoms with van der Waals surface area (Å²) in [6, 6.07) is 10.4. The normalized spacial score (nSPS) is 14.1. The Balaban J connectivity index is 1.52. The molecule has 20 heavy (non-hydrogen) atoms. The maximum Gasteiger partial charge on any atom is 0.224 e. The lowest BCUT2D eigenvalue weighted by molar-refractivity contribution is 0.991. The minimum absolute atomic E-state index is 0.566. The SMILES string of the molecule is Clc1cccc(CCNc2ccnc(NC3CC3)n2)c1. The Kier molecular flexibility index (Phi) is 4.02. The number of nitrogens with zero attached hydrogens (tertiary/aromatic N) is 2. The van der Waals surface area contributed by atoms with Crippen molar-refractivity contribution in [2.45, 2.75) is 25.3 Å². The highest BCUT2D eigenvalue weighted by atomic mass is 35.5. The molecule has 1 heterocycles. The molecule has 5 heteroatoms. The Labute approximate surface area is 123 Å². The highest BCUT2D eigenvalue weighted by Gasteiger charge is 2.21. The molecule has 3 rings (SSSR count). The van der Waals surface area contributed by atoms with Crippen molar-refractivity contribution >= 4 is 23.4 Å². The summed E-state index contributed by atoms with van der Waals surface area (Å²) < 4.78 is 0. The van der Waals surface area contributed by atoms with Gasteiger partial charge in [0.2, 0.25) is 5.95 Å². The first-order chi connectivity index (χ1) is 9.79. The van der Waals surface area contributed by atoms with E-state index in [1.807, 2.05) is 24.3 Å². The molecule has 1 aliphatic rings. The van der Waals surface area contributed by atoms with E-state index >= 15 is 0 Å². The second-order valence-electron chi connectivity index (χ2n) is 4.99. The van der Waals surface area contributed by atoms with Crippen molar-refractivity contribution in [2.75, 3.05) is 17.2 Å². The highest BCUT2D eigenvalue weighted by Crippen LogP contribution is 2.23. The summed E-state index contributed by atoms with van der Waals surface area (Å²) in [5.74, 6) is 1.56. The zero-order chi connectivity index (χ0) is 13.8. The van der Waals surface area contributed by atoms with Gasteiger partial charge in [-0.25, -0.2) is 4.98 Å². The molecule has 1 saturated carbocycles. The number of rotatable bonds is 6. The summed E-state index contributed by atoms with van der Waals surface area (Å²) in [4.78, 5) is 8.66. The zero-order valence-corrected chi connectivity index (χ0v) is 11.9. The lowest BCUT2D eigenvalue weighted by atomic mass is 10.1. The van der Waals surface area contributed by atoms with Gasteiger partial charge in [-0.1, -0.05) is 23.7 Å². The van der Waals surface area contributed by atoms with Crippen LogP contribution >= 0.6 is 11.6 Å². The van der Waals surface area contributed by atoms with Crippen molar-refractivity contribution in [1.82, 2.24) is 9.97 Å². The molecular weight excluding hydrogens is 272 g/mol. The smallest absolute Gasteiger partial charge is 0.224 e. The second kappa shape index (κ2) is 6.09. The number of anilines is 2. The van der Waals surface area contributed by atoms with Gasteiger partial charge in [-0.3, -0.25) is 0 Å². The molecule has 0 bridgehead atoms. The fourth-order valence-corrected chi connectivity index (χ4v) is 2.18. The fraction of sp³-hybridized carbons (Fsp3) is 0.333. The number of aromatic nitrogens is 2. The number of benzene rings is 1. The molecule has 0 atom stereocenters. The van der Waals surface area contributed by atoms with Crippen LogP contribution in [0.5, 0.6) is 0 Å². The Bertz CT molecular complexity index is 584. The van der Waals surface area contributed by atoms with E-state index in [0.29, 0.717) is 12.0 Å². The summed E-state index contributed by atoms with van der Waals surface area (Å²) in [5, 5.41) is 7.38. The van der Waals surface area contributed by atoms with Crippen molar-refractivity contribution in [3.8, 4) is 0 Å². The summed E-state index contributed by atoms with van der Waals surface area (Å²) in [6.45, 7) is 0.820. The van der Waals surface area contributed by atoms with E-state index in [1.165, 1.54) is 18.4 Å². The first kappa shape index (κ1) is 13.2. The molecule has 104 valence electrons. The maximum atomic E-state index is 5.97.